The number of unbranched alkanes of at least 4 members (excludes halogenated alkanes) is 1. The first kappa shape index (κ1) is 19.2. The Morgan fingerprint density at radius 3 is 2.89 bits per heavy atom. The van der Waals surface area contributed by atoms with E-state index in [2.05, 4.69) is 26.2 Å². The molecule has 2 N–H and O–H groups in total. The summed E-state index contributed by atoms with van der Waals surface area (Å²) in [5.74, 6) is 0.421. The van der Waals surface area contributed by atoms with Crippen LogP contribution < -0.4 is 5.73 Å². The number of hydrogen-bond donors (Lipinski definition) is 1. The first-order valence-corrected chi connectivity index (χ1v) is 8.88. The van der Waals surface area contributed by atoms with Crippen molar-refractivity contribution in [2.45, 2.75) is 26.2 Å². The van der Waals surface area contributed by atoms with Gasteiger partial charge in [0.1, 0.15) is 0 Å². The zero-order valence-corrected chi connectivity index (χ0v) is 15.8. The highest BCUT2D eigenvalue weighted by Gasteiger charge is 2.19. The van der Waals surface area contributed by atoms with Gasteiger partial charge >= 0.3 is 5.97 Å². The molecule has 0 fully saturated rings. The number of benzene rings is 1. The van der Waals surface area contributed by atoms with E-state index in [1.807, 2.05) is 13.0 Å². The van der Waals surface area contributed by atoms with E-state index >= 15 is 0 Å². The smallest absolute Gasteiger partial charge is 0.338 e. The summed E-state index contributed by atoms with van der Waals surface area (Å²) in [6, 6.07) is 6.97. The zero-order chi connectivity index (χ0) is 19.9. The molecule has 144 valence electrons. The third-order valence-electron chi connectivity index (χ3n) is 4.08. The lowest BCUT2D eigenvalue weighted by Crippen LogP contribution is -2.05. The molecule has 0 saturated heterocycles. The third kappa shape index (κ3) is 4.22. The molecule has 8 heteroatoms. The summed E-state index contributed by atoms with van der Waals surface area (Å²) in [7, 11) is 1.33. The second-order valence-corrected chi connectivity index (χ2v) is 5.99. The number of rotatable bonds is 7. The normalized spacial score (nSPS) is 11.1. The third-order valence-corrected chi connectivity index (χ3v) is 4.08. The van der Waals surface area contributed by atoms with E-state index in [1.165, 1.54) is 13.3 Å². The van der Waals surface area contributed by atoms with E-state index in [4.69, 9.17) is 14.9 Å². The van der Waals surface area contributed by atoms with Crippen molar-refractivity contribution >= 4 is 11.8 Å². The van der Waals surface area contributed by atoms with Crippen LogP contribution in [0.25, 0.3) is 22.8 Å². The molecule has 2 heterocycles. The van der Waals surface area contributed by atoms with Crippen LogP contribution in [0, 0.1) is 0 Å². The predicted molar refractivity (Wildman–Crippen MR) is 104 cm³/mol. The summed E-state index contributed by atoms with van der Waals surface area (Å²) in [6.07, 6.45) is 8.09. The first-order chi connectivity index (χ1) is 13.6. The number of aryl methyl sites for hydroxylation is 1. The summed E-state index contributed by atoms with van der Waals surface area (Å²) < 4.78 is 10.5. The summed E-state index contributed by atoms with van der Waals surface area (Å²) in [6.45, 7) is 1.98. The van der Waals surface area contributed by atoms with Crippen LogP contribution in [-0.4, -0.2) is 33.2 Å². The van der Waals surface area contributed by atoms with E-state index < -0.39 is 5.97 Å². The second kappa shape index (κ2) is 8.90. The van der Waals surface area contributed by atoms with Gasteiger partial charge in [0.2, 0.25) is 5.89 Å². The van der Waals surface area contributed by atoms with Gasteiger partial charge in [-0.1, -0.05) is 30.4 Å². The minimum atomic E-state index is -0.461. The van der Waals surface area contributed by atoms with Gasteiger partial charge in [0, 0.05) is 12.0 Å². The highest BCUT2D eigenvalue weighted by atomic mass is 16.5. The molecule has 0 atom stereocenters. The van der Waals surface area contributed by atoms with Crippen LogP contribution in [0.15, 0.2) is 47.0 Å². The van der Waals surface area contributed by atoms with E-state index in [1.54, 1.807) is 24.3 Å². The fourth-order valence-electron chi connectivity index (χ4n) is 2.67. The lowest BCUT2D eigenvalue weighted by molar-refractivity contribution is 0.0601. The molecule has 0 bridgehead atoms. The van der Waals surface area contributed by atoms with Gasteiger partial charge in [-0.25, -0.2) is 14.8 Å². The van der Waals surface area contributed by atoms with Crippen LogP contribution in [0.2, 0.25) is 0 Å². The molecule has 0 unspecified atom stereocenters. The van der Waals surface area contributed by atoms with Crippen LogP contribution in [-0.2, 0) is 11.2 Å². The summed E-state index contributed by atoms with van der Waals surface area (Å²) in [5.41, 5.74) is 7.67. The maximum absolute atomic E-state index is 12.0. The number of carbonyl (C=O) groups excluding carboxylic acids is 1. The van der Waals surface area contributed by atoms with E-state index in [9.17, 15) is 4.79 Å². The molecule has 3 aromatic rings. The number of aromatic nitrogens is 4. The summed E-state index contributed by atoms with van der Waals surface area (Å²) in [4.78, 5) is 20.7. The van der Waals surface area contributed by atoms with Gasteiger partial charge in [-0.2, -0.15) is 0 Å². The maximum atomic E-state index is 12.0. The summed E-state index contributed by atoms with van der Waals surface area (Å²) >= 11 is 0. The molecule has 0 aliphatic heterocycles. The molecule has 0 spiro atoms. The fourth-order valence-corrected chi connectivity index (χ4v) is 2.67. The Labute approximate surface area is 162 Å². The van der Waals surface area contributed by atoms with Crippen molar-refractivity contribution in [1.29, 1.82) is 0 Å². The maximum Gasteiger partial charge on any atom is 0.338 e. The topological polar surface area (TPSA) is 117 Å². The van der Waals surface area contributed by atoms with Gasteiger partial charge in [-0.15, -0.1) is 10.2 Å². The van der Waals surface area contributed by atoms with Crippen LogP contribution in [0.4, 0.5) is 5.82 Å². The Hall–Kier alpha value is -3.55. The van der Waals surface area contributed by atoms with E-state index in [0.717, 1.165) is 12.8 Å². The molecular formula is C20H21N5O3. The first-order valence-electron chi connectivity index (χ1n) is 8.88. The highest BCUT2D eigenvalue weighted by Crippen LogP contribution is 2.27. The number of methoxy groups -OCH3 is 1. The molecule has 3 rings (SSSR count). The number of nitrogens with zero attached hydrogens (tertiary/aromatic N) is 4. The fraction of sp³-hybridized carbons (Fsp3) is 0.250. The molecule has 0 radical (unpaired) electrons. The Bertz CT molecular complexity index is 997. The zero-order valence-electron chi connectivity index (χ0n) is 15.8. The van der Waals surface area contributed by atoms with Gasteiger partial charge in [0.25, 0.3) is 5.89 Å². The molecule has 0 saturated carbocycles. The van der Waals surface area contributed by atoms with Crippen molar-refractivity contribution in [1.82, 2.24) is 20.2 Å². The number of allylic oxidation sites excluding steroid dienone is 2. The predicted octanol–water partition coefficient (Wildman–Crippen LogP) is 3.46. The Kier molecular flexibility index (Phi) is 6.11. The number of ether oxygens (including phenoxy) is 1. The standard InChI is InChI=1S/C20H21N5O3/c1-3-4-5-6-11-16-24-25-19(28-16)17-18(21)22-12-15(23-17)13-9-7-8-10-14(13)20(26)27-2/h3-4,7-10,12H,5-6,11H2,1-2H3,(H2,21,22)/b4-3-. The summed E-state index contributed by atoms with van der Waals surface area (Å²) in [5, 5.41) is 8.10. The lowest BCUT2D eigenvalue weighted by atomic mass is 10.0. The molecule has 1 aromatic carbocycles. The number of nitrogen functional groups attached to an aromatic ring is 1. The van der Waals surface area contributed by atoms with Crippen LogP contribution >= 0.6 is 0 Å². The minimum absolute atomic E-state index is 0.170. The van der Waals surface area contributed by atoms with Crippen molar-refractivity contribution in [2.24, 2.45) is 0 Å². The van der Waals surface area contributed by atoms with E-state index in [-0.39, 0.29) is 17.4 Å². The molecule has 28 heavy (non-hydrogen) atoms. The molecular weight excluding hydrogens is 358 g/mol. The van der Waals surface area contributed by atoms with Crippen molar-refractivity contribution in [3.05, 3.63) is 54.1 Å². The molecule has 0 aliphatic rings. The van der Waals surface area contributed by atoms with Gasteiger partial charge in [0.15, 0.2) is 11.5 Å². The number of nitrogens with two attached hydrogens (primary N) is 1. The SMILES string of the molecule is C/C=C\CCCc1nnc(-c2nc(-c3ccccc3C(=O)OC)cnc2N)o1. The molecule has 8 nitrogen and oxygen atoms in total. The lowest BCUT2D eigenvalue weighted by Gasteiger charge is -2.08. The van der Waals surface area contributed by atoms with Gasteiger partial charge in [-0.3, -0.25) is 0 Å². The van der Waals surface area contributed by atoms with Crippen LogP contribution in [0.1, 0.15) is 36.0 Å². The molecule has 0 amide bonds. The van der Waals surface area contributed by atoms with Crippen molar-refractivity contribution in [3.8, 4) is 22.8 Å². The Balaban J connectivity index is 1.91. The van der Waals surface area contributed by atoms with Crippen molar-refractivity contribution < 1.29 is 13.9 Å². The van der Waals surface area contributed by atoms with Gasteiger partial charge < -0.3 is 14.9 Å². The highest BCUT2D eigenvalue weighted by molar-refractivity contribution is 5.96. The van der Waals surface area contributed by atoms with Gasteiger partial charge in [0.05, 0.1) is 24.6 Å². The van der Waals surface area contributed by atoms with Crippen LogP contribution in [0.3, 0.4) is 0 Å². The van der Waals surface area contributed by atoms with Crippen molar-refractivity contribution in [3.63, 3.8) is 0 Å². The average molecular weight is 379 g/mol. The Morgan fingerprint density at radius 2 is 2.11 bits per heavy atom. The Morgan fingerprint density at radius 1 is 1.29 bits per heavy atom. The molecule has 0 aliphatic carbocycles. The number of hydrogen-bond acceptors (Lipinski definition) is 8. The largest absolute Gasteiger partial charge is 0.465 e. The number of esters is 1. The molecule has 2 aromatic heterocycles. The van der Waals surface area contributed by atoms with Crippen LogP contribution in [0.5, 0.6) is 0 Å². The monoisotopic (exact) mass is 379 g/mol. The van der Waals surface area contributed by atoms with Gasteiger partial charge in [-0.05, 0) is 25.8 Å². The quantitative estimate of drug-likeness (QED) is 0.377. The van der Waals surface area contributed by atoms with E-state index in [0.29, 0.717) is 29.1 Å². The minimum Gasteiger partial charge on any atom is -0.465 e. The second-order valence-electron chi connectivity index (χ2n) is 5.99. The number of carbonyl (C=O) groups is 1. The van der Waals surface area contributed by atoms with Crippen molar-refractivity contribution in [2.75, 3.05) is 12.8 Å². The average Bonchev–Trinajstić information content (AvgIpc) is 3.20. The number of anilines is 1.